The number of aromatic nitrogens is 2. The van der Waals surface area contributed by atoms with Crippen LogP contribution in [0.4, 0.5) is 0 Å². The highest BCUT2D eigenvalue weighted by Gasteiger charge is 2.25. The van der Waals surface area contributed by atoms with Crippen molar-refractivity contribution >= 4 is 0 Å². The first kappa shape index (κ1) is 13.6. The molecule has 1 saturated carbocycles. The van der Waals surface area contributed by atoms with Crippen LogP contribution >= 0.6 is 0 Å². The first-order valence-electron chi connectivity index (χ1n) is 7.06. The van der Waals surface area contributed by atoms with E-state index in [9.17, 15) is 5.11 Å². The molecule has 2 rings (SSSR count). The van der Waals surface area contributed by atoms with Gasteiger partial charge in [0.1, 0.15) is 0 Å². The fourth-order valence-electron chi connectivity index (χ4n) is 2.77. The molecule has 0 radical (unpaired) electrons. The molecule has 1 aromatic heterocycles. The van der Waals surface area contributed by atoms with E-state index in [0.717, 1.165) is 18.8 Å². The fraction of sp³-hybridized carbons (Fsp3) is 0.786. The zero-order valence-corrected chi connectivity index (χ0v) is 11.5. The van der Waals surface area contributed by atoms with Gasteiger partial charge in [-0.25, -0.2) is 0 Å². The Morgan fingerprint density at radius 2 is 2.22 bits per heavy atom. The van der Waals surface area contributed by atoms with Crippen LogP contribution in [0.1, 0.15) is 44.8 Å². The van der Waals surface area contributed by atoms with Crippen molar-refractivity contribution in [3.63, 3.8) is 0 Å². The van der Waals surface area contributed by atoms with Crippen LogP contribution in [0.5, 0.6) is 0 Å². The molecule has 1 aromatic rings. The average molecular weight is 251 g/mol. The number of aliphatic hydroxyl groups excluding tert-OH is 1. The lowest BCUT2D eigenvalue weighted by molar-refractivity contribution is 0.192. The topological polar surface area (TPSA) is 50.1 Å². The molecule has 0 aliphatic heterocycles. The van der Waals surface area contributed by atoms with Crippen molar-refractivity contribution in [1.29, 1.82) is 0 Å². The van der Waals surface area contributed by atoms with Gasteiger partial charge in [-0.1, -0.05) is 6.42 Å². The molecule has 1 aliphatic carbocycles. The summed E-state index contributed by atoms with van der Waals surface area (Å²) in [6.45, 7) is 6.44. The summed E-state index contributed by atoms with van der Waals surface area (Å²) in [5.41, 5.74) is 1.10. The third-order valence-corrected chi connectivity index (χ3v) is 3.96. The van der Waals surface area contributed by atoms with E-state index < -0.39 is 0 Å². The van der Waals surface area contributed by atoms with Crippen molar-refractivity contribution in [2.24, 2.45) is 11.8 Å². The number of rotatable bonds is 6. The van der Waals surface area contributed by atoms with Crippen LogP contribution in [0.15, 0.2) is 12.3 Å². The summed E-state index contributed by atoms with van der Waals surface area (Å²) in [6, 6.07) is 2.50. The maximum atomic E-state index is 9.27. The number of aliphatic hydroxyl groups is 1. The van der Waals surface area contributed by atoms with Crippen molar-refractivity contribution in [2.45, 2.75) is 45.7 Å². The van der Waals surface area contributed by atoms with Crippen LogP contribution in [-0.4, -0.2) is 28.0 Å². The zero-order chi connectivity index (χ0) is 13.0. The average Bonchev–Trinajstić information content (AvgIpc) is 2.97. The molecule has 0 spiro atoms. The summed E-state index contributed by atoms with van der Waals surface area (Å²) in [5.74, 6) is 1.15. The van der Waals surface area contributed by atoms with Gasteiger partial charge in [0, 0.05) is 25.4 Å². The number of hydrogen-bond donors (Lipinski definition) is 2. The van der Waals surface area contributed by atoms with Gasteiger partial charge in [0.25, 0.3) is 0 Å². The van der Waals surface area contributed by atoms with Gasteiger partial charge in [-0.05, 0) is 51.1 Å². The molecule has 4 heteroatoms. The quantitative estimate of drug-likeness (QED) is 0.812. The predicted octanol–water partition coefficient (Wildman–Crippen LogP) is 1.96. The predicted molar refractivity (Wildman–Crippen MR) is 72.2 cm³/mol. The van der Waals surface area contributed by atoms with E-state index in [2.05, 4.69) is 30.3 Å². The second-order valence-electron chi connectivity index (χ2n) is 5.65. The van der Waals surface area contributed by atoms with Gasteiger partial charge < -0.3 is 10.4 Å². The third-order valence-electron chi connectivity index (χ3n) is 3.96. The Balaban J connectivity index is 1.74. The minimum absolute atomic E-state index is 0.342. The first-order chi connectivity index (χ1) is 8.70. The SMILES string of the molecule is CC(C)n1ccc(CNCC2CCCC2CO)n1. The second kappa shape index (κ2) is 6.34. The summed E-state index contributed by atoms with van der Waals surface area (Å²) in [6.07, 6.45) is 5.73. The zero-order valence-electron chi connectivity index (χ0n) is 11.5. The van der Waals surface area contributed by atoms with E-state index >= 15 is 0 Å². The molecule has 2 atom stereocenters. The van der Waals surface area contributed by atoms with Crippen molar-refractivity contribution < 1.29 is 5.11 Å². The monoisotopic (exact) mass is 251 g/mol. The molecular formula is C14H25N3O. The summed E-state index contributed by atoms with van der Waals surface area (Å²) in [5, 5.41) is 17.3. The Labute approximate surface area is 109 Å². The molecule has 2 N–H and O–H groups in total. The van der Waals surface area contributed by atoms with Crippen LogP contribution in [0, 0.1) is 11.8 Å². The van der Waals surface area contributed by atoms with Crippen molar-refractivity contribution in [3.05, 3.63) is 18.0 Å². The second-order valence-corrected chi connectivity index (χ2v) is 5.65. The molecule has 102 valence electrons. The highest BCUT2D eigenvalue weighted by Crippen LogP contribution is 2.30. The van der Waals surface area contributed by atoms with Gasteiger partial charge in [-0.15, -0.1) is 0 Å². The molecule has 18 heavy (non-hydrogen) atoms. The molecule has 0 saturated heterocycles. The van der Waals surface area contributed by atoms with E-state index in [-0.39, 0.29) is 0 Å². The lowest BCUT2D eigenvalue weighted by atomic mass is 9.97. The Morgan fingerprint density at radius 1 is 1.44 bits per heavy atom. The van der Waals surface area contributed by atoms with Crippen LogP contribution in [0.2, 0.25) is 0 Å². The van der Waals surface area contributed by atoms with Gasteiger partial charge in [-0.3, -0.25) is 4.68 Å². The van der Waals surface area contributed by atoms with Gasteiger partial charge in [0.15, 0.2) is 0 Å². The van der Waals surface area contributed by atoms with E-state index in [0.29, 0.717) is 24.5 Å². The largest absolute Gasteiger partial charge is 0.396 e. The molecule has 1 fully saturated rings. The third kappa shape index (κ3) is 3.33. The fourth-order valence-corrected chi connectivity index (χ4v) is 2.77. The first-order valence-corrected chi connectivity index (χ1v) is 7.06. The number of nitrogens with zero attached hydrogens (tertiary/aromatic N) is 2. The van der Waals surface area contributed by atoms with Crippen molar-refractivity contribution in [1.82, 2.24) is 15.1 Å². The lowest BCUT2D eigenvalue weighted by Crippen LogP contribution is -2.26. The molecule has 0 amide bonds. The van der Waals surface area contributed by atoms with E-state index in [4.69, 9.17) is 0 Å². The molecule has 0 bridgehead atoms. The molecule has 0 aromatic carbocycles. The van der Waals surface area contributed by atoms with Gasteiger partial charge in [0.2, 0.25) is 0 Å². The molecule has 1 heterocycles. The Hall–Kier alpha value is -0.870. The van der Waals surface area contributed by atoms with Gasteiger partial charge >= 0.3 is 0 Å². The Morgan fingerprint density at radius 3 is 2.89 bits per heavy atom. The van der Waals surface area contributed by atoms with Crippen molar-refractivity contribution in [3.8, 4) is 0 Å². The minimum Gasteiger partial charge on any atom is -0.396 e. The Kier molecular flexibility index (Phi) is 4.78. The van der Waals surface area contributed by atoms with E-state index in [1.165, 1.54) is 19.3 Å². The van der Waals surface area contributed by atoms with Crippen LogP contribution in [-0.2, 0) is 6.54 Å². The minimum atomic E-state index is 0.342. The maximum Gasteiger partial charge on any atom is 0.0762 e. The van der Waals surface area contributed by atoms with Crippen LogP contribution in [0.25, 0.3) is 0 Å². The highest BCUT2D eigenvalue weighted by molar-refractivity contribution is 4.99. The normalized spacial score (nSPS) is 24.0. The molecule has 2 unspecified atom stereocenters. The summed E-state index contributed by atoms with van der Waals surface area (Å²) in [4.78, 5) is 0. The van der Waals surface area contributed by atoms with Crippen molar-refractivity contribution in [2.75, 3.05) is 13.2 Å². The highest BCUT2D eigenvalue weighted by atomic mass is 16.3. The summed E-state index contributed by atoms with van der Waals surface area (Å²) < 4.78 is 1.99. The summed E-state index contributed by atoms with van der Waals surface area (Å²) >= 11 is 0. The molecule has 1 aliphatic rings. The molecular weight excluding hydrogens is 226 g/mol. The van der Waals surface area contributed by atoms with Crippen LogP contribution < -0.4 is 5.32 Å². The standard InChI is InChI=1S/C14H25N3O/c1-11(2)17-7-6-14(16-17)9-15-8-12-4-3-5-13(12)10-18/h6-7,11-13,15,18H,3-5,8-10H2,1-2H3. The summed E-state index contributed by atoms with van der Waals surface area (Å²) in [7, 11) is 0. The van der Waals surface area contributed by atoms with E-state index in [1.54, 1.807) is 0 Å². The number of nitrogens with one attached hydrogen (secondary N) is 1. The maximum absolute atomic E-state index is 9.27. The smallest absolute Gasteiger partial charge is 0.0762 e. The lowest BCUT2D eigenvalue weighted by Gasteiger charge is -2.17. The molecule has 4 nitrogen and oxygen atoms in total. The van der Waals surface area contributed by atoms with Gasteiger partial charge in [-0.2, -0.15) is 5.10 Å². The van der Waals surface area contributed by atoms with Crippen LogP contribution in [0.3, 0.4) is 0 Å². The van der Waals surface area contributed by atoms with Gasteiger partial charge in [0.05, 0.1) is 5.69 Å². The Bertz CT molecular complexity index is 362. The van der Waals surface area contributed by atoms with E-state index in [1.807, 2.05) is 10.9 Å². The number of hydrogen-bond acceptors (Lipinski definition) is 3.